The van der Waals surface area contributed by atoms with Gasteiger partial charge in [0.1, 0.15) is 0 Å². The van der Waals surface area contributed by atoms with Crippen LogP contribution in [0, 0.1) is 0 Å². The van der Waals surface area contributed by atoms with Crippen LogP contribution in [0.15, 0.2) is 78.2 Å². The summed E-state index contributed by atoms with van der Waals surface area (Å²) in [6.07, 6.45) is 3.75. The molecule has 0 aromatic heterocycles. The van der Waals surface area contributed by atoms with Crippen molar-refractivity contribution < 1.29 is 4.79 Å². The first-order valence-electron chi connectivity index (χ1n) is 7.46. The molecular weight excluding hydrogens is 290 g/mol. The van der Waals surface area contributed by atoms with Gasteiger partial charge in [-0.25, -0.2) is 0 Å². The fourth-order valence-electron chi connectivity index (χ4n) is 2.10. The minimum absolute atomic E-state index is 0.0177. The second kappa shape index (κ2) is 9.11. The van der Waals surface area contributed by atoms with Gasteiger partial charge in [0.05, 0.1) is 0 Å². The molecule has 0 spiro atoms. The van der Waals surface area contributed by atoms with Gasteiger partial charge in [-0.3, -0.25) is 4.79 Å². The SMILES string of the molecule is C=C[C@@H](CCCSc1ccccc1)NC(=O)c1ccccc1. The zero-order chi connectivity index (χ0) is 15.6. The number of amides is 1. The standard InChI is InChI=1S/C19H21NOS/c1-2-17(20-19(21)16-10-5-3-6-11-16)12-9-15-22-18-13-7-4-8-14-18/h2-8,10-11,13-14,17H,1,9,12,15H2,(H,20,21)/t17-/m0/s1. The minimum Gasteiger partial charge on any atom is -0.346 e. The third-order valence-electron chi connectivity index (χ3n) is 3.31. The molecule has 0 fully saturated rings. The maximum Gasteiger partial charge on any atom is 0.251 e. The Hall–Kier alpha value is -2.00. The van der Waals surface area contributed by atoms with Crippen molar-refractivity contribution in [3.05, 3.63) is 78.9 Å². The average Bonchev–Trinajstić information content (AvgIpc) is 2.59. The molecule has 2 nitrogen and oxygen atoms in total. The third kappa shape index (κ3) is 5.41. The second-order valence-corrected chi connectivity index (χ2v) is 6.15. The van der Waals surface area contributed by atoms with Crippen molar-refractivity contribution in [1.29, 1.82) is 0 Å². The fraction of sp³-hybridized carbons (Fsp3) is 0.211. The maximum absolute atomic E-state index is 12.1. The molecule has 0 aliphatic carbocycles. The Bertz CT molecular complexity index is 583. The molecule has 0 aliphatic rings. The molecule has 114 valence electrons. The van der Waals surface area contributed by atoms with E-state index in [-0.39, 0.29) is 11.9 Å². The summed E-state index contributed by atoms with van der Waals surface area (Å²) in [6, 6.07) is 19.7. The van der Waals surface area contributed by atoms with Crippen LogP contribution in [0.3, 0.4) is 0 Å². The van der Waals surface area contributed by atoms with Gasteiger partial charge in [-0.15, -0.1) is 18.3 Å². The van der Waals surface area contributed by atoms with E-state index >= 15 is 0 Å². The van der Waals surface area contributed by atoms with E-state index in [1.807, 2.05) is 54.2 Å². The van der Waals surface area contributed by atoms with Crippen LogP contribution in [-0.2, 0) is 0 Å². The molecule has 22 heavy (non-hydrogen) atoms. The lowest BCUT2D eigenvalue weighted by atomic mass is 10.1. The average molecular weight is 311 g/mol. The van der Waals surface area contributed by atoms with Gasteiger partial charge in [-0.2, -0.15) is 0 Å². The highest BCUT2D eigenvalue weighted by Gasteiger charge is 2.10. The highest BCUT2D eigenvalue weighted by Crippen LogP contribution is 2.19. The Morgan fingerprint density at radius 2 is 1.73 bits per heavy atom. The quantitative estimate of drug-likeness (QED) is 0.440. The summed E-state index contributed by atoms with van der Waals surface area (Å²) >= 11 is 1.84. The molecule has 1 atom stereocenters. The van der Waals surface area contributed by atoms with Crippen molar-refractivity contribution in [2.24, 2.45) is 0 Å². The zero-order valence-electron chi connectivity index (χ0n) is 12.6. The number of hydrogen-bond donors (Lipinski definition) is 1. The second-order valence-electron chi connectivity index (χ2n) is 4.99. The Balaban J connectivity index is 1.73. The number of benzene rings is 2. The van der Waals surface area contributed by atoms with Gasteiger partial charge in [0.15, 0.2) is 0 Å². The van der Waals surface area contributed by atoms with Crippen LogP contribution >= 0.6 is 11.8 Å². The summed E-state index contributed by atoms with van der Waals surface area (Å²) in [6.45, 7) is 3.82. The van der Waals surface area contributed by atoms with Crippen LogP contribution in [0.2, 0.25) is 0 Å². The lowest BCUT2D eigenvalue weighted by Gasteiger charge is -2.14. The van der Waals surface area contributed by atoms with E-state index in [2.05, 4.69) is 36.2 Å². The van der Waals surface area contributed by atoms with Crippen LogP contribution in [0.5, 0.6) is 0 Å². The fourth-order valence-corrected chi connectivity index (χ4v) is 3.00. The molecule has 2 rings (SSSR count). The van der Waals surface area contributed by atoms with Crippen LogP contribution in [-0.4, -0.2) is 17.7 Å². The topological polar surface area (TPSA) is 29.1 Å². The smallest absolute Gasteiger partial charge is 0.251 e. The van der Waals surface area contributed by atoms with Gasteiger partial charge in [-0.1, -0.05) is 42.5 Å². The molecular formula is C19H21NOS. The molecule has 2 aromatic rings. The number of nitrogens with one attached hydrogen (secondary N) is 1. The lowest BCUT2D eigenvalue weighted by Crippen LogP contribution is -2.33. The molecule has 0 saturated carbocycles. The van der Waals surface area contributed by atoms with E-state index < -0.39 is 0 Å². The summed E-state index contributed by atoms with van der Waals surface area (Å²) in [4.78, 5) is 13.4. The zero-order valence-corrected chi connectivity index (χ0v) is 13.4. The number of carbonyl (C=O) groups is 1. The number of carbonyl (C=O) groups excluding carboxylic acids is 1. The van der Waals surface area contributed by atoms with Crippen LogP contribution < -0.4 is 5.32 Å². The normalized spacial score (nSPS) is 11.6. The molecule has 3 heteroatoms. The van der Waals surface area contributed by atoms with Crippen molar-refractivity contribution >= 4 is 17.7 Å². The Labute approximate surface area is 136 Å². The summed E-state index contributed by atoms with van der Waals surface area (Å²) in [5.74, 6) is 0.997. The molecule has 0 saturated heterocycles. The predicted molar refractivity (Wildman–Crippen MR) is 94.3 cm³/mol. The number of thioether (sulfide) groups is 1. The first-order valence-corrected chi connectivity index (χ1v) is 8.44. The van der Waals surface area contributed by atoms with Gasteiger partial charge >= 0.3 is 0 Å². The molecule has 0 radical (unpaired) electrons. The van der Waals surface area contributed by atoms with Crippen molar-refractivity contribution in [2.45, 2.75) is 23.8 Å². The molecule has 1 amide bonds. The Morgan fingerprint density at radius 1 is 1.09 bits per heavy atom. The van der Waals surface area contributed by atoms with Crippen molar-refractivity contribution in [3.8, 4) is 0 Å². The molecule has 0 aliphatic heterocycles. The predicted octanol–water partition coefficient (Wildman–Crippen LogP) is 4.54. The van der Waals surface area contributed by atoms with E-state index in [1.54, 1.807) is 0 Å². The van der Waals surface area contributed by atoms with Crippen LogP contribution in [0.25, 0.3) is 0 Å². The first kappa shape index (κ1) is 16.4. The van der Waals surface area contributed by atoms with Gasteiger partial charge in [0, 0.05) is 16.5 Å². The maximum atomic E-state index is 12.1. The van der Waals surface area contributed by atoms with E-state index in [0.717, 1.165) is 18.6 Å². The van der Waals surface area contributed by atoms with Crippen molar-refractivity contribution in [3.63, 3.8) is 0 Å². The molecule has 0 bridgehead atoms. The monoisotopic (exact) mass is 311 g/mol. The van der Waals surface area contributed by atoms with E-state index in [9.17, 15) is 4.79 Å². The molecule has 1 N–H and O–H groups in total. The summed E-state index contributed by atoms with van der Waals surface area (Å²) < 4.78 is 0. The summed E-state index contributed by atoms with van der Waals surface area (Å²) in [5.41, 5.74) is 0.688. The van der Waals surface area contributed by atoms with Crippen molar-refractivity contribution in [1.82, 2.24) is 5.32 Å². The summed E-state index contributed by atoms with van der Waals surface area (Å²) in [5, 5.41) is 3.02. The highest BCUT2D eigenvalue weighted by molar-refractivity contribution is 7.99. The van der Waals surface area contributed by atoms with Gasteiger partial charge in [0.25, 0.3) is 5.91 Å². The van der Waals surface area contributed by atoms with Crippen molar-refractivity contribution in [2.75, 3.05) is 5.75 Å². The van der Waals surface area contributed by atoms with E-state index in [1.165, 1.54) is 4.90 Å². The number of rotatable bonds is 8. The van der Waals surface area contributed by atoms with Gasteiger partial charge in [0.2, 0.25) is 0 Å². The minimum atomic E-state index is -0.0405. The molecule has 0 unspecified atom stereocenters. The van der Waals surface area contributed by atoms with Gasteiger partial charge < -0.3 is 5.32 Å². The first-order chi connectivity index (χ1) is 10.8. The van der Waals surface area contributed by atoms with Crippen LogP contribution in [0.1, 0.15) is 23.2 Å². The Kier molecular flexibility index (Phi) is 6.78. The van der Waals surface area contributed by atoms with E-state index in [0.29, 0.717) is 5.56 Å². The lowest BCUT2D eigenvalue weighted by molar-refractivity contribution is 0.0943. The molecule has 2 aromatic carbocycles. The summed E-state index contributed by atoms with van der Waals surface area (Å²) in [7, 11) is 0. The Morgan fingerprint density at radius 3 is 2.36 bits per heavy atom. The van der Waals surface area contributed by atoms with E-state index in [4.69, 9.17) is 0 Å². The highest BCUT2D eigenvalue weighted by atomic mass is 32.2. The van der Waals surface area contributed by atoms with Gasteiger partial charge in [-0.05, 0) is 42.9 Å². The largest absolute Gasteiger partial charge is 0.346 e. The molecule has 0 heterocycles. The third-order valence-corrected chi connectivity index (χ3v) is 4.41. The number of hydrogen-bond acceptors (Lipinski definition) is 2. The van der Waals surface area contributed by atoms with Crippen LogP contribution in [0.4, 0.5) is 0 Å².